The van der Waals surface area contributed by atoms with Crippen molar-refractivity contribution in [1.29, 1.82) is 0 Å². The van der Waals surface area contributed by atoms with Gasteiger partial charge in [-0.15, -0.1) is 0 Å². The Balaban J connectivity index is 1.98. The van der Waals surface area contributed by atoms with E-state index in [0.717, 1.165) is 32.2 Å². The Morgan fingerprint density at radius 3 is 2.41 bits per heavy atom. The van der Waals surface area contributed by atoms with Crippen LogP contribution in [0, 0.1) is 5.92 Å². The number of hydrogen-bond acceptors (Lipinski definition) is 3. The molecular weight excluding hydrogens is 278 g/mol. The van der Waals surface area contributed by atoms with Crippen LogP contribution in [0.4, 0.5) is 0 Å². The normalized spacial score (nSPS) is 21.2. The average Bonchev–Trinajstić information content (AvgIpc) is 2.54. The first-order chi connectivity index (χ1) is 10.5. The van der Waals surface area contributed by atoms with Gasteiger partial charge in [-0.1, -0.05) is 6.07 Å². The third-order valence-corrected chi connectivity index (χ3v) is 4.29. The molecule has 1 saturated carbocycles. The molecule has 0 unspecified atom stereocenters. The van der Waals surface area contributed by atoms with Crippen LogP contribution in [0.5, 0.6) is 0 Å². The zero-order valence-corrected chi connectivity index (χ0v) is 13.3. The highest BCUT2D eigenvalue weighted by Gasteiger charge is 2.22. The molecule has 1 aromatic carbocycles. The van der Waals surface area contributed by atoms with Crippen molar-refractivity contribution >= 4 is 11.8 Å². The van der Waals surface area contributed by atoms with Gasteiger partial charge in [0.15, 0.2) is 0 Å². The SMILES string of the molecule is CN(C)C(=O)c1cccc(C(=O)NC2CCC(CN)CC2)c1. The molecule has 2 amide bonds. The van der Waals surface area contributed by atoms with Crippen LogP contribution in [0.2, 0.25) is 0 Å². The Bertz CT molecular complexity index is 534. The Morgan fingerprint density at radius 1 is 1.18 bits per heavy atom. The fraction of sp³-hybridized carbons (Fsp3) is 0.529. The second-order valence-corrected chi connectivity index (χ2v) is 6.21. The van der Waals surface area contributed by atoms with Crippen LogP contribution in [-0.4, -0.2) is 43.4 Å². The van der Waals surface area contributed by atoms with E-state index in [1.165, 1.54) is 4.90 Å². The van der Waals surface area contributed by atoms with Gasteiger partial charge in [-0.25, -0.2) is 0 Å². The number of nitrogens with zero attached hydrogens (tertiary/aromatic N) is 1. The van der Waals surface area contributed by atoms with Gasteiger partial charge < -0.3 is 16.0 Å². The van der Waals surface area contributed by atoms with Gasteiger partial charge >= 0.3 is 0 Å². The van der Waals surface area contributed by atoms with Gasteiger partial charge in [0.1, 0.15) is 0 Å². The second-order valence-electron chi connectivity index (χ2n) is 6.21. The number of carbonyl (C=O) groups is 2. The number of rotatable bonds is 4. The van der Waals surface area contributed by atoms with Crippen molar-refractivity contribution in [1.82, 2.24) is 10.2 Å². The number of amides is 2. The number of benzene rings is 1. The van der Waals surface area contributed by atoms with Gasteiger partial charge in [0.2, 0.25) is 0 Å². The van der Waals surface area contributed by atoms with Crippen molar-refractivity contribution in [2.45, 2.75) is 31.7 Å². The number of nitrogens with one attached hydrogen (secondary N) is 1. The highest BCUT2D eigenvalue weighted by Crippen LogP contribution is 2.23. The Hall–Kier alpha value is -1.88. The fourth-order valence-electron chi connectivity index (χ4n) is 2.86. The highest BCUT2D eigenvalue weighted by molar-refractivity contribution is 5.99. The minimum Gasteiger partial charge on any atom is -0.349 e. The van der Waals surface area contributed by atoms with Crippen LogP contribution in [-0.2, 0) is 0 Å². The summed E-state index contributed by atoms with van der Waals surface area (Å²) in [7, 11) is 3.40. The summed E-state index contributed by atoms with van der Waals surface area (Å²) in [4.78, 5) is 25.8. The quantitative estimate of drug-likeness (QED) is 0.888. The van der Waals surface area contributed by atoms with Crippen molar-refractivity contribution in [3.8, 4) is 0 Å². The summed E-state index contributed by atoms with van der Waals surface area (Å²) in [6, 6.07) is 7.09. The predicted molar refractivity (Wildman–Crippen MR) is 86.7 cm³/mol. The average molecular weight is 303 g/mol. The smallest absolute Gasteiger partial charge is 0.253 e. The number of carbonyl (C=O) groups excluding carboxylic acids is 2. The summed E-state index contributed by atoms with van der Waals surface area (Å²) < 4.78 is 0. The summed E-state index contributed by atoms with van der Waals surface area (Å²) in [6.45, 7) is 0.732. The maximum atomic E-state index is 12.3. The maximum absolute atomic E-state index is 12.3. The Kier molecular flexibility index (Phi) is 5.55. The molecule has 120 valence electrons. The second kappa shape index (κ2) is 7.40. The molecule has 0 aromatic heterocycles. The summed E-state index contributed by atoms with van der Waals surface area (Å²) in [5, 5.41) is 3.07. The molecule has 1 aromatic rings. The molecule has 0 spiro atoms. The minimum absolute atomic E-state index is 0.0990. The van der Waals surface area contributed by atoms with E-state index in [-0.39, 0.29) is 17.9 Å². The molecule has 0 saturated heterocycles. The summed E-state index contributed by atoms with van der Waals surface area (Å²) in [6.07, 6.45) is 4.09. The first-order valence-electron chi connectivity index (χ1n) is 7.84. The minimum atomic E-state index is -0.107. The summed E-state index contributed by atoms with van der Waals surface area (Å²) >= 11 is 0. The Labute approximate surface area is 131 Å². The molecule has 0 aliphatic heterocycles. The zero-order valence-electron chi connectivity index (χ0n) is 13.3. The molecule has 1 aliphatic rings. The van der Waals surface area contributed by atoms with E-state index in [4.69, 9.17) is 5.73 Å². The third-order valence-electron chi connectivity index (χ3n) is 4.29. The standard InChI is InChI=1S/C17H25N3O2/c1-20(2)17(22)14-5-3-4-13(10-14)16(21)19-15-8-6-12(11-18)7-9-15/h3-5,10,12,15H,6-9,11,18H2,1-2H3,(H,19,21). The molecule has 0 bridgehead atoms. The molecule has 3 N–H and O–H groups in total. The molecule has 1 aliphatic carbocycles. The Morgan fingerprint density at radius 2 is 1.82 bits per heavy atom. The van der Waals surface area contributed by atoms with E-state index in [0.29, 0.717) is 17.0 Å². The lowest BCUT2D eigenvalue weighted by Gasteiger charge is -2.28. The topological polar surface area (TPSA) is 75.4 Å². The monoisotopic (exact) mass is 303 g/mol. The van der Waals surface area contributed by atoms with E-state index in [9.17, 15) is 9.59 Å². The fourth-order valence-corrected chi connectivity index (χ4v) is 2.86. The van der Waals surface area contributed by atoms with Gasteiger partial charge in [-0.05, 0) is 56.3 Å². The summed E-state index contributed by atoms with van der Waals surface area (Å²) in [5.41, 5.74) is 6.75. The maximum Gasteiger partial charge on any atom is 0.253 e. The van der Waals surface area contributed by atoms with Crippen LogP contribution in [0.3, 0.4) is 0 Å². The van der Waals surface area contributed by atoms with Crippen molar-refractivity contribution in [2.24, 2.45) is 11.7 Å². The zero-order chi connectivity index (χ0) is 16.1. The molecule has 5 heteroatoms. The lowest BCUT2D eigenvalue weighted by atomic mass is 9.86. The molecule has 22 heavy (non-hydrogen) atoms. The van der Waals surface area contributed by atoms with E-state index in [1.54, 1.807) is 38.4 Å². The van der Waals surface area contributed by atoms with Gasteiger partial charge in [0.25, 0.3) is 11.8 Å². The van der Waals surface area contributed by atoms with E-state index in [1.807, 2.05) is 0 Å². The van der Waals surface area contributed by atoms with Crippen LogP contribution in [0.1, 0.15) is 46.4 Å². The lowest BCUT2D eigenvalue weighted by Crippen LogP contribution is -2.38. The number of hydrogen-bond donors (Lipinski definition) is 2. The first kappa shape index (κ1) is 16.5. The molecule has 1 fully saturated rings. The molecule has 0 radical (unpaired) electrons. The van der Waals surface area contributed by atoms with E-state index < -0.39 is 0 Å². The molecule has 0 heterocycles. The third kappa shape index (κ3) is 4.07. The van der Waals surface area contributed by atoms with Crippen molar-refractivity contribution in [3.05, 3.63) is 35.4 Å². The van der Waals surface area contributed by atoms with Gasteiger partial charge in [-0.3, -0.25) is 9.59 Å². The largest absolute Gasteiger partial charge is 0.349 e. The van der Waals surface area contributed by atoms with Crippen LogP contribution in [0.25, 0.3) is 0 Å². The van der Waals surface area contributed by atoms with E-state index in [2.05, 4.69) is 5.32 Å². The summed E-state index contributed by atoms with van der Waals surface area (Å²) in [5.74, 6) is 0.386. The highest BCUT2D eigenvalue weighted by atomic mass is 16.2. The van der Waals surface area contributed by atoms with Crippen LogP contribution < -0.4 is 11.1 Å². The first-order valence-corrected chi connectivity index (χ1v) is 7.84. The van der Waals surface area contributed by atoms with Crippen molar-refractivity contribution in [2.75, 3.05) is 20.6 Å². The van der Waals surface area contributed by atoms with Crippen LogP contribution in [0.15, 0.2) is 24.3 Å². The molecule has 0 atom stereocenters. The van der Waals surface area contributed by atoms with Gasteiger partial charge in [0, 0.05) is 31.3 Å². The van der Waals surface area contributed by atoms with Gasteiger partial charge in [0.05, 0.1) is 0 Å². The van der Waals surface area contributed by atoms with Gasteiger partial charge in [-0.2, -0.15) is 0 Å². The predicted octanol–water partition coefficient (Wildman–Crippen LogP) is 1.64. The molecule has 5 nitrogen and oxygen atoms in total. The van der Waals surface area contributed by atoms with Crippen molar-refractivity contribution in [3.63, 3.8) is 0 Å². The lowest BCUT2D eigenvalue weighted by molar-refractivity contribution is 0.0827. The molecule has 2 rings (SSSR count). The van der Waals surface area contributed by atoms with E-state index >= 15 is 0 Å². The molecular formula is C17H25N3O2. The van der Waals surface area contributed by atoms with Crippen molar-refractivity contribution < 1.29 is 9.59 Å². The van der Waals surface area contributed by atoms with Crippen LogP contribution >= 0.6 is 0 Å². The number of nitrogens with two attached hydrogens (primary N) is 1.